The zero-order valence-electron chi connectivity index (χ0n) is 18.7. The third-order valence-electron chi connectivity index (χ3n) is 6.53. The van der Waals surface area contributed by atoms with E-state index >= 15 is 0 Å². The van der Waals surface area contributed by atoms with E-state index in [1.54, 1.807) is 0 Å². The molecule has 9 nitrogen and oxygen atoms in total. The summed E-state index contributed by atoms with van der Waals surface area (Å²) in [6.07, 6.45) is 2.54. The van der Waals surface area contributed by atoms with E-state index in [1.807, 2.05) is 18.2 Å². The maximum atomic E-state index is 13.3. The van der Waals surface area contributed by atoms with Crippen LogP contribution in [0.1, 0.15) is 29.3 Å². The zero-order chi connectivity index (χ0) is 21.9. The minimum Gasteiger partial charge on any atom is -0.355 e. The Morgan fingerprint density at radius 2 is 1.94 bits per heavy atom. The first kappa shape index (κ1) is 21.1. The van der Waals surface area contributed by atoms with Crippen molar-refractivity contribution in [3.05, 3.63) is 57.5 Å². The molecule has 1 saturated heterocycles. The lowest BCUT2D eigenvalue weighted by Gasteiger charge is -2.32. The summed E-state index contributed by atoms with van der Waals surface area (Å²) in [4.78, 5) is 27.4. The molecular formula is C23H32N8O. The number of likely N-dealkylation sites (N-methyl/N-ethyl adjacent to an activating group) is 1. The Balaban J connectivity index is 1.27. The summed E-state index contributed by atoms with van der Waals surface area (Å²) in [5.41, 5.74) is 2.76. The maximum Gasteiger partial charge on any atom is 0.279 e. The van der Waals surface area contributed by atoms with Crippen LogP contribution >= 0.6 is 0 Å². The molecule has 170 valence electrons. The first-order chi connectivity index (χ1) is 15.7. The maximum absolute atomic E-state index is 13.3. The van der Waals surface area contributed by atoms with Gasteiger partial charge in [-0.2, -0.15) is 9.50 Å². The second-order valence-corrected chi connectivity index (χ2v) is 8.86. The highest BCUT2D eigenvalue weighted by atomic mass is 16.1. The van der Waals surface area contributed by atoms with Gasteiger partial charge in [-0.25, -0.2) is 4.98 Å². The van der Waals surface area contributed by atoms with Gasteiger partial charge in [-0.3, -0.25) is 9.89 Å². The predicted molar refractivity (Wildman–Crippen MR) is 125 cm³/mol. The molecule has 2 aromatic heterocycles. The molecule has 2 aliphatic rings. The molecule has 1 fully saturated rings. The highest BCUT2D eigenvalue weighted by molar-refractivity contribution is 5.41. The van der Waals surface area contributed by atoms with Gasteiger partial charge < -0.3 is 20.4 Å². The van der Waals surface area contributed by atoms with Gasteiger partial charge in [0.05, 0.1) is 11.3 Å². The summed E-state index contributed by atoms with van der Waals surface area (Å²) in [5.74, 6) is 1.04. The minimum atomic E-state index is -0.0592. The van der Waals surface area contributed by atoms with Crippen molar-refractivity contribution < 1.29 is 0 Å². The second kappa shape index (κ2) is 9.40. The van der Waals surface area contributed by atoms with Gasteiger partial charge in [0.2, 0.25) is 5.95 Å². The van der Waals surface area contributed by atoms with Gasteiger partial charge in [0.25, 0.3) is 11.3 Å². The highest BCUT2D eigenvalue weighted by Crippen LogP contribution is 2.22. The minimum absolute atomic E-state index is 0.0404. The first-order valence-electron chi connectivity index (χ1n) is 11.6. The third-order valence-corrected chi connectivity index (χ3v) is 6.53. The third kappa shape index (κ3) is 4.55. The molecule has 1 aromatic carbocycles. The number of H-pyrrole nitrogens is 1. The van der Waals surface area contributed by atoms with Crippen molar-refractivity contribution in [3.63, 3.8) is 0 Å². The van der Waals surface area contributed by atoms with Crippen molar-refractivity contribution in [2.75, 3.05) is 58.2 Å². The molecule has 1 atom stereocenters. The molecule has 0 aliphatic carbocycles. The van der Waals surface area contributed by atoms with Gasteiger partial charge in [0.1, 0.15) is 0 Å². The average Bonchev–Trinajstić information content (AvgIpc) is 3.22. The average molecular weight is 437 g/mol. The number of benzene rings is 1. The normalized spacial score (nSPS) is 19.8. The van der Waals surface area contributed by atoms with Crippen molar-refractivity contribution in [1.29, 1.82) is 0 Å². The van der Waals surface area contributed by atoms with Gasteiger partial charge in [0, 0.05) is 51.7 Å². The number of anilines is 1. The largest absolute Gasteiger partial charge is 0.355 e. The van der Waals surface area contributed by atoms with Gasteiger partial charge in [-0.15, -0.1) is 0 Å². The number of aromatic amines is 1. The fourth-order valence-corrected chi connectivity index (χ4v) is 4.66. The van der Waals surface area contributed by atoms with Crippen LogP contribution in [0.15, 0.2) is 35.1 Å². The molecule has 0 radical (unpaired) electrons. The number of rotatable bonds is 7. The van der Waals surface area contributed by atoms with E-state index in [0.29, 0.717) is 11.7 Å². The number of nitrogens with one attached hydrogen (secondary N) is 3. The van der Waals surface area contributed by atoms with E-state index in [0.717, 1.165) is 76.3 Å². The van der Waals surface area contributed by atoms with Gasteiger partial charge in [-0.1, -0.05) is 30.3 Å². The number of nitrogens with zero attached hydrogens (tertiary/aromatic N) is 5. The molecule has 0 amide bonds. The predicted octanol–water partition coefficient (Wildman–Crippen LogP) is 0.897. The Morgan fingerprint density at radius 3 is 2.75 bits per heavy atom. The fourth-order valence-electron chi connectivity index (χ4n) is 4.66. The molecule has 1 unspecified atom stereocenters. The van der Waals surface area contributed by atoms with Crippen molar-refractivity contribution >= 4 is 11.7 Å². The number of hydrogen-bond donors (Lipinski definition) is 3. The number of piperazine rings is 1. The van der Waals surface area contributed by atoms with Crippen molar-refractivity contribution in [3.8, 4) is 0 Å². The summed E-state index contributed by atoms with van der Waals surface area (Å²) in [6, 6.07) is 10.2. The van der Waals surface area contributed by atoms with Crippen LogP contribution in [-0.4, -0.2) is 82.2 Å². The Hall–Kier alpha value is -2.75. The summed E-state index contributed by atoms with van der Waals surface area (Å²) >= 11 is 0. The van der Waals surface area contributed by atoms with Crippen LogP contribution < -0.4 is 16.2 Å². The number of aromatic nitrogens is 4. The topological polar surface area (TPSA) is 93.6 Å². The summed E-state index contributed by atoms with van der Waals surface area (Å²) in [6.45, 7) is 7.22. The quantitative estimate of drug-likeness (QED) is 0.474. The van der Waals surface area contributed by atoms with E-state index in [9.17, 15) is 4.79 Å². The molecule has 4 heterocycles. The van der Waals surface area contributed by atoms with Crippen LogP contribution in [0.2, 0.25) is 0 Å². The van der Waals surface area contributed by atoms with Crippen LogP contribution in [-0.2, 0) is 12.8 Å². The standard InChI is InChI=1S/C23H32N8O/c1-29-12-14-30(15-13-29)11-5-9-25-22-27-23-26-18-8-10-24-19(16-17-6-3-2-4-7-17)20(18)21(32)31(23)28-22/h2-4,6-7,19,24H,5,8-16H2,1H3,(H2,25,26,27,28). The van der Waals surface area contributed by atoms with Crippen molar-refractivity contribution in [2.24, 2.45) is 0 Å². The van der Waals surface area contributed by atoms with Crippen molar-refractivity contribution in [1.82, 2.24) is 34.7 Å². The molecule has 0 spiro atoms. The van der Waals surface area contributed by atoms with E-state index in [2.05, 4.69) is 49.7 Å². The Kier molecular flexibility index (Phi) is 6.20. The lowest BCUT2D eigenvalue weighted by molar-refractivity contribution is 0.154. The monoisotopic (exact) mass is 436 g/mol. The highest BCUT2D eigenvalue weighted by Gasteiger charge is 2.26. The lowest BCUT2D eigenvalue weighted by atomic mass is 9.94. The molecule has 3 N–H and O–H groups in total. The summed E-state index contributed by atoms with van der Waals surface area (Å²) in [5, 5.41) is 9.95. The Morgan fingerprint density at radius 1 is 1.12 bits per heavy atom. The van der Waals surface area contributed by atoms with E-state index in [-0.39, 0.29) is 11.6 Å². The van der Waals surface area contributed by atoms with Crippen LogP contribution in [0, 0.1) is 0 Å². The van der Waals surface area contributed by atoms with Gasteiger partial charge >= 0.3 is 0 Å². The zero-order valence-corrected chi connectivity index (χ0v) is 18.7. The van der Waals surface area contributed by atoms with Crippen LogP contribution in [0.5, 0.6) is 0 Å². The van der Waals surface area contributed by atoms with E-state index < -0.39 is 0 Å². The van der Waals surface area contributed by atoms with Crippen LogP contribution in [0.3, 0.4) is 0 Å². The molecule has 2 aliphatic heterocycles. The Bertz CT molecular complexity index is 1100. The van der Waals surface area contributed by atoms with Crippen molar-refractivity contribution in [2.45, 2.75) is 25.3 Å². The SMILES string of the molecule is CN1CCN(CCCNc2nc3nc4c(c(=O)n3[nH]2)C(Cc2ccccc2)NCC4)CC1. The Labute approximate surface area is 187 Å². The molecular weight excluding hydrogens is 404 g/mol. The molecule has 3 aromatic rings. The molecule has 5 rings (SSSR count). The number of hydrogen-bond acceptors (Lipinski definition) is 7. The molecule has 0 bridgehead atoms. The number of fused-ring (bicyclic) bond motifs is 2. The molecule has 32 heavy (non-hydrogen) atoms. The van der Waals surface area contributed by atoms with Crippen LogP contribution in [0.4, 0.5) is 5.95 Å². The van der Waals surface area contributed by atoms with Gasteiger partial charge in [0.15, 0.2) is 0 Å². The lowest BCUT2D eigenvalue weighted by Crippen LogP contribution is -2.44. The van der Waals surface area contributed by atoms with Gasteiger partial charge in [-0.05, 0) is 32.0 Å². The fraction of sp³-hybridized carbons (Fsp3) is 0.522. The van der Waals surface area contributed by atoms with Crippen LogP contribution in [0.25, 0.3) is 5.78 Å². The smallest absolute Gasteiger partial charge is 0.279 e. The molecule has 9 heteroatoms. The van der Waals surface area contributed by atoms with E-state index in [1.165, 1.54) is 10.1 Å². The summed E-state index contributed by atoms with van der Waals surface area (Å²) < 4.78 is 1.48. The van der Waals surface area contributed by atoms with E-state index in [4.69, 9.17) is 4.98 Å². The molecule has 0 saturated carbocycles. The second-order valence-electron chi connectivity index (χ2n) is 8.86. The summed E-state index contributed by atoms with van der Waals surface area (Å²) in [7, 11) is 2.17. The first-order valence-corrected chi connectivity index (χ1v) is 11.6.